The number of hydrogen-bond donors (Lipinski definition) is 1. The van der Waals surface area contributed by atoms with Crippen molar-refractivity contribution < 1.29 is 22.7 Å². The van der Waals surface area contributed by atoms with E-state index < -0.39 is 22.0 Å². The van der Waals surface area contributed by atoms with Crippen LogP contribution in [0.4, 0.5) is 11.4 Å². The van der Waals surface area contributed by atoms with Crippen LogP contribution in [-0.2, 0) is 31.6 Å². The normalized spacial score (nSPS) is 16.6. The molecule has 2 aromatic rings. The van der Waals surface area contributed by atoms with Gasteiger partial charge in [0.15, 0.2) is 6.10 Å². The number of methoxy groups -OCH3 is 1. The van der Waals surface area contributed by atoms with Gasteiger partial charge in [0.1, 0.15) is 5.75 Å². The summed E-state index contributed by atoms with van der Waals surface area (Å²) >= 11 is 0. The van der Waals surface area contributed by atoms with Gasteiger partial charge in [-0.1, -0.05) is 39.0 Å². The number of benzene rings is 2. The maximum absolute atomic E-state index is 12.9. The Morgan fingerprint density at radius 2 is 1.97 bits per heavy atom. The largest absolute Gasteiger partial charge is 0.476 e. The molecular weight excluding hydrogens is 404 g/mol. The van der Waals surface area contributed by atoms with Gasteiger partial charge in [-0.05, 0) is 40.8 Å². The van der Waals surface area contributed by atoms with Crippen molar-refractivity contribution in [1.82, 2.24) is 0 Å². The van der Waals surface area contributed by atoms with Crippen molar-refractivity contribution in [3.8, 4) is 5.75 Å². The third kappa shape index (κ3) is 4.94. The average molecular weight is 433 g/mol. The Kier molecular flexibility index (Phi) is 6.10. The van der Waals surface area contributed by atoms with Gasteiger partial charge in [0, 0.05) is 12.8 Å². The summed E-state index contributed by atoms with van der Waals surface area (Å²) in [6.45, 7) is 6.49. The number of hydrogen-bond acceptors (Lipinski definition) is 5. The minimum atomic E-state index is -3.60. The molecular formula is C22H28N2O5S. The smallest absolute Gasteiger partial charge is 0.267 e. The summed E-state index contributed by atoms with van der Waals surface area (Å²) in [6, 6.07) is 12.7. The first-order chi connectivity index (χ1) is 14.0. The zero-order valence-electron chi connectivity index (χ0n) is 17.9. The standard InChI is InChI=1S/C22H28N2O5S/c1-22(2,3)16-9-10-19-18(12-16)24(30(5,26)27)13-20(29-19)21(25)23-17-8-6-7-15(11-17)14-28-4/h6-12,20H,13-14H2,1-5H3,(H,23,25). The van der Waals surface area contributed by atoms with Crippen molar-refractivity contribution in [2.75, 3.05) is 29.5 Å². The lowest BCUT2D eigenvalue weighted by molar-refractivity contribution is -0.122. The molecule has 162 valence electrons. The lowest BCUT2D eigenvalue weighted by atomic mass is 9.86. The highest BCUT2D eigenvalue weighted by molar-refractivity contribution is 7.92. The fourth-order valence-electron chi connectivity index (χ4n) is 3.30. The molecule has 0 aliphatic carbocycles. The van der Waals surface area contributed by atoms with Crippen molar-refractivity contribution in [1.29, 1.82) is 0 Å². The molecule has 3 rings (SSSR count). The third-order valence-electron chi connectivity index (χ3n) is 4.89. The van der Waals surface area contributed by atoms with Crippen LogP contribution in [0.25, 0.3) is 0 Å². The predicted molar refractivity (Wildman–Crippen MR) is 118 cm³/mol. The van der Waals surface area contributed by atoms with Gasteiger partial charge in [-0.25, -0.2) is 8.42 Å². The summed E-state index contributed by atoms with van der Waals surface area (Å²) in [5, 5.41) is 2.81. The summed E-state index contributed by atoms with van der Waals surface area (Å²) in [4.78, 5) is 12.9. The minimum Gasteiger partial charge on any atom is -0.476 e. The summed E-state index contributed by atoms with van der Waals surface area (Å²) in [6.07, 6.45) is 0.161. The lowest BCUT2D eigenvalue weighted by Gasteiger charge is -2.35. The second-order valence-corrected chi connectivity index (χ2v) is 10.4. The molecule has 1 N–H and O–H groups in total. The molecule has 0 fully saturated rings. The van der Waals surface area contributed by atoms with Crippen LogP contribution in [-0.4, -0.2) is 40.3 Å². The molecule has 2 aromatic carbocycles. The summed E-state index contributed by atoms with van der Waals surface area (Å²) in [5.74, 6) is -0.0447. The number of nitrogens with one attached hydrogen (secondary N) is 1. The van der Waals surface area contributed by atoms with E-state index in [2.05, 4.69) is 26.1 Å². The van der Waals surface area contributed by atoms with Crippen LogP contribution in [0.15, 0.2) is 42.5 Å². The number of nitrogens with zero attached hydrogens (tertiary/aromatic N) is 1. The van der Waals surface area contributed by atoms with Crippen LogP contribution in [0.5, 0.6) is 5.75 Å². The van der Waals surface area contributed by atoms with E-state index in [1.165, 1.54) is 4.31 Å². The highest BCUT2D eigenvalue weighted by Crippen LogP contribution is 2.38. The van der Waals surface area contributed by atoms with Crippen molar-refractivity contribution in [3.05, 3.63) is 53.6 Å². The molecule has 0 radical (unpaired) electrons. The highest BCUT2D eigenvalue weighted by Gasteiger charge is 2.36. The number of sulfonamides is 1. The molecule has 30 heavy (non-hydrogen) atoms. The highest BCUT2D eigenvalue weighted by atomic mass is 32.2. The number of carbonyl (C=O) groups excluding carboxylic acids is 1. The minimum absolute atomic E-state index is 0.0942. The number of amides is 1. The Hall–Kier alpha value is -2.58. The van der Waals surface area contributed by atoms with E-state index in [1.807, 2.05) is 30.3 Å². The molecule has 0 saturated heterocycles. The van der Waals surface area contributed by atoms with E-state index in [0.717, 1.165) is 17.4 Å². The van der Waals surface area contributed by atoms with Gasteiger partial charge in [0.25, 0.3) is 5.91 Å². The van der Waals surface area contributed by atoms with E-state index in [-0.39, 0.29) is 12.0 Å². The van der Waals surface area contributed by atoms with Gasteiger partial charge in [0.05, 0.1) is 25.1 Å². The molecule has 1 heterocycles. The number of ether oxygens (including phenoxy) is 2. The van der Waals surface area contributed by atoms with Crippen molar-refractivity contribution in [2.45, 2.75) is 38.9 Å². The van der Waals surface area contributed by atoms with Crippen LogP contribution < -0.4 is 14.4 Å². The predicted octanol–water partition coefficient (Wildman–Crippen LogP) is 3.30. The number of fused-ring (bicyclic) bond motifs is 1. The van der Waals surface area contributed by atoms with Gasteiger partial charge in [-0.15, -0.1) is 0 Å². The van der Waals surface area contributed by atoms with Crippen LogP contribution >= 0.6 is 0 Å². The second-order valence-electron chi connectivity index (χ2n) is 8.46. The van der Waals surface area contributed by atoms with Crippen molar-refractivity contribution in [3.63, 3.8) is 0 Å². The topological polar surface area (TPSA) is 84.9 Å². The molecule has 1 aliphatic rings. The molecule has 0 bridgehead atoms. The maximum atomic E-state index is 12.9. The first kappa shape index (κ1) is 22.1. The van der Waals surface area contributed by atoms with E-state index >= 15 is 0 Å². The monoisotopic (exact) mass is 432 g/mol. The molecule has 1 aliphatic heterocycles. The molecule has 1 unspecified atom stereocenters. The summed E-state index contributed by atoms with van der Waals surface area (Å²) < 4.78 is 37.2. The Balaban J connectivity index is 1.88. The summed E-state index contributed by atoms with van der Waals surface area (Å²) in [5.41, 5.74) is 2.79. The first-order valence-electron chi connectivity index (χ1n) is 9.66. The zero-order chi connectivity index (χ0) is 22.1. The van der Waals surface area contributed by atoms with Crippen molar-refractivity contribution in [2.24, 2.45) is 0 Å². The number of rotatable bonds is 5. The van der Waals surface area contributed by atoms with E-state index in [1.54, 1.807) is 19.2 Å². The maximum Gasteiger partial charge on any atom is 0.267 e. The van der Waals surface area contributed by atoms with Gasteiger partial charge in [0.2, 0.25) is 10.0 Å². The SMILES string of the molecule is COCc1cccc(NC(=O)C2CN(S(C)(=O)=O)c3cc(C(C)(C)C)ccc3O2)c1. The zero-order valence-corrected chi connectivity index (χ0v) is 18.7. The van der Waals surface area contributed by atoms with E-state index in [9.17, 15) is 13.2 Å². The summed E-state index contributed by atoms with van der Waals surface area (Å²) in [7, 11) is -2.00. The van der Waals surface area contributed by atoms with Crippen LogP contribution in [0, 0.1) is 0 Å². The molecule has 8 heteroatoms. The molecule has 0 aromatic heterocycles. The van der Waals surface area contributed by atoms with Crippen LogP contribution in [0.1, 0.15) is 31.9 Å². The molecule has 1 amide bonds. The fourth-order valence-corrected chi connectivity index (χ4v) is 4.20. The Morgan fingerprint density at radius 3 is 2.60 bits per heavy atom. The van der Waals surface area contributed by atoms with E-state index in [0.29, 0.717) is 23.7 Å². The Morgan fingerprint density at radius 1 is 1.23 bits per heavy atom. The molecule has 0 saturated carbocycles. The van der Waals surface area contributed by atoms with Gasteiger partial charge < -0.3 is 14.8 Å². The van der Waals surface area contributed by atoms with Gasteiger partial charge in [-0.3, -0.25) is 9.10 Å². The van der Waals surface area contributed by atoms with Gasteiger partial charge in [-0.2, -0.15) is 0 Å². The quantitative estimate of drug-likeness (QED) is 0.784. The first-order valence-corrected chi connectivity index (χ1v) is 11.5. The average Bonchev–Trinajstić information content (AvgIpc) is 2.65. The van der Waals surface area contributed by atoms with E-state index in [4.69, 9.17) is 9.47 Å². The number of anilines is 2. The number of carbonyl (C=O) groups is 1. The second kappa shape index (κ2) is 8.28. The third-order valence-corrected chi connectivity index (χ3v) is 6.04. The van der Waals surface area contributed by atoms with Crippen LogP contribution in [0.3, 0.4) is 0 Å². The molecule has 7 nitrogen and oxygen atoms in total. The molecule has 1 atom stereocenters. The Labute approximate surface area is 178 Å². The van der Waals surface area contributed by atoms with Gasteiger partial charge >= 0.3 is 0 Å². The lowest BCUT2D eigenvalue weighted by Crippen LogP contribution is -2.48. The molecule has 0 spiro atoms. The Bertz CT molecular complexity index is 1040. The fraction of sp³-hybridized carbons (Fsp3) is 0.409. The van der Waals surface area contributed by atoms with Crippen molar-refractivity contribution >= 4 is 27.3 Å². The van der Waals surface area contributed by atoms with Crippen LogP contribution in [0.2, 0.25) is 0 Å².